The van der Waals surface area contributed by atoms with Gasteiger partial charge < -0.3 is 65.4 Å². The Bertz CT molecular complexity index is 2630. The van der Waals surface area contributed by atoms with Crippen molar-refractivity contribution in [2.45, 2.75) is 90.2 Å². The highest BCUT2D eigenvalue weighted by atomic mass is 16.7. The van der Waals surface area contributed by atoms with Gasteiger partial charge in [0.15, 0.2) is 5.82 Å². The number of unbranched alkanes of at least 4 members (excludes halogenated alkanes) is 2. The molecule has 2 saturated heterocycles. The molecule has 7 rings (SSSR count). The summed E-state index contributed by atoms with van der Waals surface area (Å²) in [6.07, 6.45) is 1.42. The van der Waals surface area contributed by atoms with Gasteiger partial charge in [-0.1, -0.05) is 44.0 Å². The number of aryl methyl sites for hydroxylation is 1. The van der Waals surface area contributed by atoms with E-state index in [4.69, 9.17) is 34.3 Å². The summed E-state index contributed by atoms with van der Waals surface area (Å²) in [5.74, 6) is -0.689. The summed E-state index contributed by atoms with van der Waals surface area (Å²) < 4.78 is 24.5. The molecule has 24 nitrogen and oxygen atoms in total. The lowest BCUT2D eigenvalue weighted by Crippen LogP contribution is -2.54. The Labute approximate surface area is 426 Å². The van der Waals surface area contributed by atoms with Crippen LogP contribution in [-0.2, 0) is 62.7 Å². The maximum Gasteiger partial charge on any atom is 0.410 e. The average Bonchev–Trinajstić information content (AvgIpc) is 3.93. The molecule has 24 heteroatoms. The van der Waals surface area contributed by atoms with E-state index in [0.29, 0.717) is 38.3 Å². The molecule has 8 N–H and O–H groups in total. The third kappa shape index (κ3) is 15.8. The summed E-state index contributed by atoms with van der Waals surface area (Å²) in [6.45, 7) is 8.35. The van der Waals surface area contributed by atoms with E-state index in [2.05, 4.69) is 67.4 Å². The summed E-state index contributed by atoms with van der Waals surface area (Å²) in [5, 5.41) is 39.5. The van der Waals surface area contributed by atoms with Crippen LogP contribution in [0, 0.1) is 6.92 Å². The highest BCUT2D eigenvalue weighted by Crippen LogP contribution is 2.31. The highest BCUT2D eigenvalue weighted by Gasteiger charge is 2.39. The maximum absolute atomic E-state index is 13.3. The number of fused-ring (bicyclic) bond motifs is 1. The summed E-state index contributed by atoms with van der Waals surface area (Å²) in [5.41, 5.74) is 11.9. The minimum atomic E-state index is -1.61. The van der Waals surface area contributed by atoms with E-state index in [1.54, 1.807) is 11.0 Å². The largest absolute Gasteiger partial charge is 0.460 e. The van der Waals surface area contributed by atoms with Gasteiger partial charge in [0.05, 0.1) is 37.6 Å². The number of rotatable bonds is 23. The molecular formula is C50H64N10O14. The molecular weight excluding hydrogens is 965 g/mol. The molecule has 2 aromatic heterocycles. The first-order valence-corrected chi connectivity index (χ1v) is 24.4. The maximum atomic E-state index is 13.3. The van der Waals surface area contributed by atoms with Crippen molar-refractivity contribution in [1.29, 1.82) is 0 Å². The number of hydrogen-bond acceptors (Lipinski definition) is 19. The van der Waals surface area contributed by atoms with E-state index in [0.717, 1.165) is 65.2 Å². The van der Waals surface area contributed by atoms with Crippen LogP contribution in [0.15, 0.2) is 60.8 Å². The quantitative estimate of drug-likeness (QED) is 0.0408. The lowest BCUT2D eigenvalue weighted by atomic mass is 10.0. The lowest BCUT2D eigenvalue weighted by molar-refractivity contribution is -0.241. The van der Waals surface area contributed by atoms with E-state index in [1.807, 2.05) is 12.3 Å². The van der Waals surface area contributed by atoms with Crippen LogP contribution in [0.25, 0.3) is 11.0 Å². The van der Waals surface area contributed by atoms with Gasteiger partial charge in [-0.25, -0.2) is 9.78 Å². The van der Waals surface area contributed by atoms with E-state index >= 15 is 0 Å². The number of nitrogens with one attached hydrogen (secondary N) is 3. The van der Waals surface area contributed by atoms with Crippen LogP contribution >= 0.6 is 0 Å². The number of carbonyl (C=O) groups excluding carboxylic acids is 7. The van der Waals surface area contributed by atoms with Crippen molar-refractivity contribution in [2.24, 2.45) is 0 Å². The lowest BCUT2D eigenvalue weighted by Gasteiger charge is -2.35. The number of amides is 5. The molecule has 2 aromatic carbocycles. The number of piperazine rings is 1. The monoisotopic (exact) mass is 1030 g/mol. The molecule has 0 bridgehead atoms. The molecule has 3 aliphatic heterocycles. The Morgan fingerprint density at radius 1 is 0.878 bits per heavy atom. The van der Waals surface area contributed by atoms with Crippen LogP contribution in [0.3, 0.4) is 0 Å². The van der Waals surface area contributed by atoms with Gasteiger partial charge in [-0.3, -0.25) is 29.0 Å². The third-order valence-corrected chi connectivity index (χ3v) is 12.4. The molecule has 74 heavy (non-hydrogen) atoms. The number of nitrogens with zero attached hydrogens (tertiary/aromatic N) is 6. The van der Waals surface area contributed by atoms with Gasteiger partial charge in [-0.05, 0) is 53.8 Å². The zero-order valence-corrected chi connectivity index (χ0v) is 41.4. The van der Waals surface area contributed by atoms with Crippen molar-refractivity contribution >= 4 is 64.4 Å². The summed E-state index contributed by atoms with van der Waals surface area (Å²) in [6, 6.07) is 13.1. The fourth-order valence-electron chi connectivity index (χ4n) is 8.33. The summed E-state index contributed by atoms with van der Waals surface area (Å²) in [7, 11) is 0. The number of aromatic nitrogens is 3. The Kier molecular flexibility index (Phi) is 20.9. The number of benzene rings is 2. The van der Waals surface area contributed by atoms with Gasteiger partial charge in [0.1, 0.15) is 36.2 Å². The zero-order valence-electron chi connectivity index (χ0n) is 41.4. The number of ether oxygens (including phenoxy) is 4. The van der Waals surface area contributed by atoms with Crippen LogP contribution in [0.5, 0.6) is 5.75 Å². The fourth-order valence-corrected chi connectivity index (χ4v) is 8.33. The van der Waals surface area contributed by atoms with Crippen molar-refractivity contribution in [2.75, 3.05) is 82.0 Å². The predicted molar refractivity (Wildman–Crippen MR) is 265 cm³/mol. The van der Waals surface area contributed by atoms with Gasteiger partial charge >= 0.3 is 12.2 Å². The Balaban J connectivity index is 0.00000290. The Morgan fingerprint density at radius 2 is 1.62 bits per heavy atom. The van der Waals surface area contributed by atoms with Crippen molar-refractivity contribution < 1.29 is 67.8 Å². The molecule has 0 radical (unpaired) electrons. The van der Waals surface area contributed by atoms with Crippen LogP contribution in [-0.4, -0.2) is 171 Å². The van der Waals surface area contributed by atoms with Crippen LogP contribution in [0.1, 0.15) is 61.3 Å². The summed E-state index contributed by atoms with van der Waals surface area (Å²) >= 11 is 0. The molecule has 5 heterocycles. The van der Waals surface area contributed by atoms with Crippen molar-refractivity contribution in [1.82, 2.24) is 34.6 Å². The van der Waals surface area contributed by atoms with Gasteiger partial charge in [-0.2, -0.15) is 14.6 Å². The number of aliphatic hydroxyl groups excluding tert-OH is 3. The molecule has 0 unspecified atom stereocenters. The number of nitrogen functional groups attached to an aromatic ring is 1. The van der Waals surface area contributed by atoms with E-state index in [-0.39, 0.29) is 81.8 Å². The van der Waals surface area contributed by atoms with Gasteiger partial charge in [0, 0.05) is 83.5 Å². The first-order chi connectivity index (χ1) is 35.7. The zero-order chi connectivity index (χ0) is 53.1. The molecule has 5 amide bonds. The summed E-state index contributed by atoms with van der Waals surface area (Å²) in [4.78, 5) is 92.3. The third-order valence-electron chi connectivity index (χ3n) is 12.4. The number of hydrogen-bond donors (Lipinski definition) is 7. The molecule has 4 atom stereocenters. The second kappa shape index (κ2) is 27.7. The predicted octanol–water partition coefficient (Wildman–Crippen LogP) is 1.44. The number of carbonyl (C=O) groups is 5. The van der Waals surface area contributed by atoms with E-state index in [1.165, 1.54) is 29.8 Å². The normalized spacial score (nSPS) is 18.7. The van der Waals surface area contributed by atoms with E-state index < -0.39 is 48.4 Å². The van der Waals surface area contributed by atoms with Gasteiger partial charge in [-0.15, -0.1) is 0 Å². The van der Waals surface area contributed by atoms with Crippen molar-refractivity contribution in [3.8, 4) is 5.75 Å². The van der Waals surface area contributed by atoms with Gasteiger partial charge in [0.25, 0.3) is 11.8 Å². The average molecular weight is 1030 g/mol. The number of nitrogens with two attached hydrogens (primary N) is 1. The number of anilines is 3. The van der Waals surface area contributed by atoms with Crippen molar-refractivity contribution in [3.05, 3.63) is 83.1 Å². The topological polar surface area (TPSA) is 320 Å². The Hall–Kier alpha value is -7.31. The SMILES string of the molecule is CCCCCNc1nc(N)nc2ccn(Cc3ccc(CN4CCN(C(=O)OCc5ccc(O[C@@H]6OC[C@@H](O)[C@H](O)[C@H]6O)c(NC(=O)CCNC(=O)CCOCCN6C(=O)C=CC6=O)c5)CC4)cc3C)c12.O=C=O. The van der Waals surface area contributed by atoms with E-state index in [9.17, 15) is 39.3 Å². The standard InChI is InChI=1S/C49H64N10O12.CO2/c1-3-4-5-15-52-46-43-35(54-48(50)55-46)13-17-58(43)28-34-8-6-32(25-31(34)2)27-56-18-20-57(21-19-56)49(67)70-29-33-7-9-38(71-47-45(66)44(65)37(60)30-69-47)36(26-33)53-40(62)12-16-51-39(61)14-23-68-24-22-59-41(63)10-11-42(59)64;2-1-3/h6-11,13,17,25-26,37,44-45,47,60,65-66H,3-5,12,14-16,18-24,27-30H2,1-2H3,(H,51,61)(H,53,62)(H3,50,52,54,55);/t37-,44+,45-,47+;/m1./s1. The second-order valence-corrected chi connectivity index (χ2v) is 17.8. The first-order valence-electron chi connectivity index (χ1n) is 24.4. The van der Waals surface area contributed by atoms with Crippen LogP contribution in [0.4, 0.5) is 22.2 Å². The van der Waals surface area contributed by atoms with Crippen LogP contribution in [0.2, 0.25) is 0 Å². The fraction of sp³-hybridized carbons (Fsp3) is 0.480. The minimum absolute atomic E-state index is 0.0177. The molecule has 398 valence electrons. The molecule has 0 saturated carbocycles. The molecule has 0 spiro atoms. The first kappa shape index (κ1) is 56.0. The molecule has 0 aliphatic carbocycles. The van der Waals surface area contributed by atoms with Crippen molar-refractivity contribution in [3.63, 3.8) is 0 Å². The molecule has 3 aliphatic rings. The molecule has 4 aromatic rings. The minimum Gasteiger partial charge on any atom is -0.460 e. The number of aliphatic hydroxyl groups is 3. The Morgan fingerprint density at radius 3 is 2.35 bits per heavy atom. The highest BCUT2D eigenvalue weighted by molar-refractivity contribution is 6.12. The molecule has 2 fully saturated rings. The smallest absolute Gasteiger partial charge is 0.410 e. The second-order valence-electron chi connectivity index (χ2n) is 17.8. The van der Waals surface area contributed by atoms with Gasteiger partial charge in [0.2, 0.25) is 24.1 Å². The van der Waals surface area contributed by atoms with Crippen LogP contribution < -0.4 is 26.4 Å². The number of imide groups is 1.